The Labute approximate surface area is 101 Å². The molecule has 1 aliphatic heterocycles. The number of carbonyl (C=O) groups excluding carboxylic acids is 1. The van der Waals surface area contributed by atoms with Crippen molar-refractivity contribution in [2.24, 2.45) is 21.6 Å². The minimum absolute atomic E-state index is 0.273. The number of amidine groups is 1. The first-order chi connectivity index (χ1) is 7.23. The number of carbonyl (C=O) groups is 1. The summed E-state index contributed by atoms with van der Waals surface area (Å²) < 4.78 is 0. The number of rotatable bonds is 3. The standard InChI is InChI=1S/C11H21N3OS/c1-10(2)5-13-9(16-7-10)14-6-11(3,4)8(12)15/h5-7H2,1-4H3,(H2,12,15)(H,13,14). The highest BCUT2D eigenvalue weighted by molar-refractivity contribution is 8.13. The highest BCUT2D eigenvalue weighted by Gasteiger charge is 2.27. The molecule has 16 heavy (non-hydrogen) atoms. The van der Waals surface area contributed by atoms with Gasteiger partial charge in [0.05, 0.1) is 5.41 Å². The first kappa shape index (κ1) is 13.4. The van der Waals surface area contributed by atoms with Crippen LogP contribution in [0.3, 0.4) is 0 Å². The van der Waals surface area contributed by atoms with E-state index in [9.17, 15) is 4.79 Å². The Morgan fingerprint density at radius 3 is 2.69 bits per heavy atom. The molecule has 0 saturated heterocycles. The van der Waals surface area contributed by atoms with Crippen LogP contribution in [0.2, 0.25) is 0 Å². The number of primary amides is 1. The van der Waals surface area contributed by atoms with Gasteiger partial charge in [-0.15, -0.1) is 0 Å². The summed E-state index contributed by atoms with van der Waals surface area (Å²) in [6, 6.07) is 0. The van der Waals surface area contributed by atoms with Crippen molar-refractivity contribution >= 4 is 22.8 Å². The number of aliphatic imine (C=N–C) groups is 1. The van der Waals surface area contributed by atoms with Crippen LogP contribution >= 0.6 is 11.8 Å². The minimum Gasteiger partial charge on any atom is -0.369 e. The van der Waals surface area contributed by atoms with Crippen LogP contribution in [-0.4, -0.2) is 29.9 Å². The fraction of sp³-hybridized carbons (Fsp3) is 0.818. The number of hydrogen-bond acceptors (Lipinski definition) is 4. The van der Waals surface area contributed by atoms with Crippen molar-refractivity contribution in [3.05, 3.63) is 0 Å². The molecule has 0 aromatic rings. The average Bonchev–Trinajstić information content (AvgIpc) is 2.16. The number of thioether (sulfide) groups is 1. The van der Waals surface area contributed by atoms with Crippen LogP contribution in [0.4, 0.5) is 0 Å². The lowest BCUT2D eigenvalue weighted by atomic mass is 9.93. The first-order valence-corrected chi connectivity index (χ1v) is 6.43. The molecule has 0 radical (unpaired) electrons. The summed E-state index contributed by atoms with van der Waals surface area (Å²) in [5.41, 5.74) is 5.04. The summed E-state index contributed by atoms with van der Waals surface area (Å²) in [4.78, 5) is 15.6. The van der Waals surface area contributed by atoms with Gasteiger partial charge < -0.3 is 11.1 Å². The van der Waals surface area contributed by atoms with E-state index in [0.717, 1.165) is 17.5 Å². The second-order valence-electron chi connectivity index (χ2n) is 5.68. The Morgan fingerprint density at radius 1 is 1.62 bits per heavy atom. The number of nitrogens with two attached hydrogens (primary N) is 1. The summed E-state index contributed by atoms with van der Waals surface area (Å²) >= 11 is 1.71. The zero-order valence-electron chi connectivity index (χ0n) is 10.5. The van der Waals surface area contributed by atoms with E-state index in [2.05, 4.69) is 24.2 Å². The topological polar surface area (TPSA) is 67.5 Å². The molecule has 0 fully saturated rings. The van der Waals surface area contributed by atoms with Gasteiger partial charge in [-0.25, -0.2) is 0 Å². The van der Waals surface area contributed by atoms with E-state index < -0.39 is 5.41 Å². The van der Waals surface area contributed by atoms with Gasteiger partial charge in [-0.3, -0.25) is 9.79 Å². The van der Waals surface area contributed by atoms with Crippen LogP contribution < -0.4 is 11.1 Å². The molecule has 0 atom stereocenters. The Balaban J connectivity index is 2.46. The quantitative estimate of drug-likeness (QED) is 0.783. The van der Waals surface area contributed by atoms with Gasteiger partial charge in [-0.1, -0.05) is 25.6 Å². The second kappa shape index (κ2) is 4.65. The summed E-state index contributed by atoms with van der Waals surface area (Å²) in [5, 5.41) is 4.12. The van der Waals surface area contributed by atoms with E-state index >= 15 is 0 Å². The lowest BCUT2D eigenvalue weighted by Crippen LogP contribution is -2.43. The third-order valence-corrected chi connectivity index (χ3v) is 4.07. The van der Waals surface area contributed by atoms with Crippen molar-refractivity contribution in [3.8, 4) is 0 Å². The molecule has 4 nitrogen and oxygen atoms in total. The Kier molecular flexibility index (Phi) is 3.88. The Bertz CT molecular complexity index is 310. The van der Waals surface area contributed by atoms with Gasteiger partial charge in [0, 0.05) is 18.8 Å². The van der Waals surface area contributed by atoms with E-state index in [4.69, 9.17) is 5.73 Å². The van der Waals surface area contributed by atoms with Crippen molar-refractivity contribution in [3.63, 3.8) is 0 Å². The van der Waals surface area contributed by atoms with Gasteiger partial charge in [0.1, 0.15) is 0 Å². The van der Waals surface area contributed by atoms with Crippen LogP contribution in [0.25, 0.3) is 0 Å². The van der Waals surface area contributed by atoms with Crippen molar-refractivity contribution < 1.29 is 4.79 Å². The molecule has 92 valence electrons. The molecule has 1 aliphatic rings. The van der Waals surface area contributed by atoms with Gasteiger partial charge in [0.2, 0.25) is 5.91 Å². The van der Waals surface area contributed by atoms with Crippen molar-refractivity contribution in [2.45, 2.75) is 27.7 Å². The summed E-state index contributed by atoms with van der Waals surface area (Å²) in [5.74, 6) is 0.761. The van der Waals surface area contributed by atoms with Crippen LogP contribution in [0.5, 0.6) is 0 Å². The molecule has 3 N–H and O–H groups in total. The highest BCUT2D eigenvalue weighted by atomic mass is 32.2. The summed E-state index contributed by atoms with van der Waals surface area (Å²) in [6.45, 7) is 9.44. The third kappa shape index (κ3) is 3.70. The van der Waals surface area contributed by atoms with Crippen LogP contribution in [-0.2, 0) is 4.79 Å². The molecule has 5 heteroatoms. The SMILES string of the molecule is CC1(C)CN=C(NCC(C)(C)C(N)=O)SC1. The maximum absolute atomic E-state index is 11.1. The molecule has 1 amide bonds. The Morgan fingerprint density at radius 2 is 2.25 bits per heavy atom. The smallest absolute Gasteiger partial charge is 0.224 e. The van der Waals surface area contributed by atoms with E-state index in [-0.39, 0.29) is 11.3 Å². The number of nitrogens with zero attached hydrogens (tertiary/aromatic N) is 1. The fourth-order valence-electron chi connectivity index (χ4n) is 1.13. The maximum atomic E-state index is 11.1. The average molecular weight is 243 g/mol. The van der Waals surface area contributed by atoms with E-state index in [1.54, 1.807) is 11.8 Å². The van der Waals surface area contributed by atoms with E-state index in [1.807, 2.05) is 13.8 Å². The van der Waals surface area contributed by atoms with E-state index in [0.29, 0.717) is 6.54 Å². The molecule has 0 aromatic carbocycles. The lowest BCUT2D eigenvalue weighted by molar-refractivity contribution is -0.125. The first-order valence-electron chi connectivity index (χ1n) is 5.44. The van der Waals surface area contributed by atoms with Crippen molar-refractivity contribution in [2.75, 3.05) is 18.8 Å². The molecular formula is C11H21N3OS. The second-order valence-corrected chi connectivity index (χ2v) is 6.64. The molecule has 0 saturated carbocycles. The van der Waals surface area contributed by atoms with Crippen molar-refractivity contribution in [1.29, 1.82) is 0 Å². The fourth-order valence-corrected chi connectivity index (χ4v) is 2.08. The Hall–Kier alpha value is -0.710. The summed E-state index contributed by atoms with van der Waals surface area (Å²) in [6.07, 6.45) is 0. The van der Waals surface area contributed by atoms with Crippen molar-refractivity contribution in [1.82, 2.24) is 5.32 Å². The predicted molar refractivity (Wildman–Crippen MR) is 69.5 cm³/mol. The molecule has 0 spiro atoms. The largest absolute Gasteiger partial charge is 0.369 e. The molecule has 0 aliphatic carbocycles. The molecular weight excluding hydrogens is 222 g/mol. The molecule has 1 heterocycles. The maximum Gasteiger partial charge on any atom is 0.224 e. The van der Waals surface area contributed by atoms with E-state index in [1.165, 1.54) is 0 Å². The molecule has 0 bridgehead atoms. The number of nitrogens with one attached hydrogen (secondary N) is 1. The third-order valence-electron chi connectivity index (χ3n) is 2.60. The van der Waals surface area contributed by atoms with Crippen LogP contribution in [0.15, 0.2) is 4.99 Å². The zero-order chi connectivity index (χ0) is 12.4. The van der Waals surface area contributed by atoms with Gasteiger partial charge in [-0.2, -0.15) is 0 Å². The lowest BCUT2D eigenvalue weighted by Gasteiger charge is -2.29. The summed E-state index contributed by atoms with van der Waals surface area (Å²) in [7, 11) is 0. The number of hydrogen-bond donors (Lipinski definition) is 2. The molecule has 0 unspecified atom stereocenters. The molecule has 1 rings (SSSR count). The molecule has 0 aromatic heterocycles. The van der Waals surface area contributed by atoms with Crippen LogP contribution in [0, 0.1) is 10.8 Å². The predicted octanol–water partition coefficient (Wildman–Crippen LogP) is 1.22. The zero-order valence-corrected chi connectivity index (χ0v) is 11.3. The highest BCUT2D eigenvalue weighted by Crippen LogP contribution is 2.27. The van der Waals surface area contributed by atoms with Crippen LogP contribution in [0.1, 0.15) is 27.7 Å². The number of amides is 1. The normalized spacial score (nSPS) is 20.1. The van der Waals surface area contributed by atoms with Gasteiger partial charge in [0.15, 0.2) is 5.17 Å². The van der Waals surface area contributed by atoms with Gasteiger partial charge in [0.25, 0.3) is 0 Å². The monoisotopic (exact) mass is 243 g/mol. The minimum atomic E-state index is -0.532. The van der Waals surface area contributed by atoms with Gasteiger partial charge >= 0.3 is 0 Å². The van der Waals surface area contributed by atoms with Gasteiger partial charge in [-0.05, 0) is 19.3 Å².